The molecular weight excluding hydrogens is 437 g/mol. The van der Waals surface area contributed by atoms with Gasteiger partial charge < -0.3 is 9.30 Å². The topological polar surface area (TPSA) is 80.6 Å². The number of rotatable bonds is 6. The SMILES string of the molecule is O=C1NC(=O)N(c2ccc(F)cc2)C(=O)/C1=C\c1cccn1CCOc1ccccc1Cl. The number of hydrogen-bond acceptors (Lipinski definition) is 4. The Balaban J connectivity index is 1.54. The third kappa shape index (κ3) is 4.40. The van der Waals surface area contributed by atoms with Crippen LogP contribution in [0.5, 0.6) is 5.75 Å². The first kappa shape index (κ1) is 21.3. The number of imide groups is 2. The number of amides is 4. The zero-order chi connectivity index (χ0) is 22.7. The number of para-hydroxylation sites is 1. The number of nitrogens with one attached hydrogen (secondary N) is 1. The van der Waals surface area contributed by atoms with Gasteiger partial charge in [-0.2, -0.15) is 0 Å². The first-order valence-electron chi connectivity index (χ1n) is 9.63. The van der Waals surface area contributed by atoms with Crippen molar-refractivity contribution in [1.82, 2.24) is 9.88 Å². The summed E-state index contributed by atoms with van der Waals surface area (Å²) in [4.78, 5) is 38.3. The fourth-order valence-electron chi connectivity index (χ4n) is 3.21. The van der Waals surface area contributed by atoms with Crippen LogP contribution in [0.2, 0.25) is 5.02 Å². The molecule has 32 heavy (non-hydrogen) atoms. The van der Waals surface area contributed by atoms with E-state index in [0.717, 1.165) is 17.0 Å². The Morgan fingerprint density at radius 1 is 1.00 bits per heavy atom. The lowest BCUT2D eigenvalue weighted by atomic mass is 10.1. The smallest absolute Gasteiger partial charge is 0.335 e. The molecule has 3 aromatic rings. The molecule has 1 fully saturated rings. The Bertz CT molecular complexity index is 1220. The third-order valence-corrected chi connectivity index (χ3v) is 5.08. The van der Waals surface area contributed by atoms with Crippen molar-refractivity contribution in [2.75, 3.05) is 11.5 Å². The second-order valence-corrected chi connectivity index (χ2v) is 7.25. The van der Waals surface area contributed by atoms with E-state index in [9.17, 15) is 18.8 Å². The Labute approximate surface area is 187 Å². The predicted molar refractivity (Wildman–Crippen MR) is 117 cm³/mol. The first-order chi connectivity index (χ1) is 15.4. The Hall–Kier alpha value is -3.91. The highest BCUT2D eigenvalue weighted by Gasteiger charge is 2.37. The average molecular weight is 454 g/mol. The molecule has 1 aliphatic rings. The lowest BCUT2D eigenvalue weighted by molar-refractivity contribution is -0.122. The summed E-state index contributed by atoms with van der Waals surface area (Å²) in [6.07, 6.45) is 3.17. The number of benzene rings is 2. The first-order valence-corrected chi connectivity index (χ1v) is 10.0. The van der Waals surface area contributed by atoms with E-state index in [0.29, 0.717) is 29.6 Å². The summed E-state index contributed by atoms with van der Waals surface area (Å²) in [6, 6.07) is 14.5. The van der Waals surface area contributed by atoms with Crippen molar-refractivity contribution >= 4 is 41.2 Å². The lowest BCUT2D eigenvalue weighted by Crippen LogP contribution is -2.54. The monoisotopic (exact) mass is 453 g/mol. The summed E-state index contributed by atoms with van der Waals surface area (Å²) < 4.78 is 20.7. The molecule has 0 unspecified atom stereocenters. The van der Waals surface area contributed by atoms with E-state index in [1.54, 1.807) is 41.1 Å². The molecule has 1 aromatic heterocycles. The van der Waals surface area contributed by atoms with Crippen LogP contribution < -0.4 is 15.0 Å². The van der Waals surface area contributed by atoms with Crippen molar-refractivity contribution in [2.45, 2.75) is 6.54 Å². The molecule has 0 saturated carbocycles. The predicted octanol–water partition coefficient (Wildman–Crippen LogP) is 4.03. The highest BCUT2D eigenvalue weighted by Crippen LogP contribution is 2.24. The van der Waals surface area contributed by atoms with E-state index >= 15 is 0 Å². The van der Waals surface area contributed by atoms with Crippen LogP contribution in [0.25, 0.3) is 6.08 Å². The molecule has 4 rings (SSSR count). The number of nitrogens with zero attached hydrogens (tertiary/aromatic N) is 2. The van der Waals surface area contributed by atoms with Crippen LogP contribution in [0, 0.1) is 5.82 Å². The largest absolute Gasteiger partial charge is 0.490 e. The number of halogens is 2. The van der Waals surface area contributed by atoms with Crippen LogP contribution in [0.4, 0.5) is 14.9 Å². The summed E-state index contributed by atoms with van der Waals surface area (Å²) in [5.74, 6) is -1.57. The quantitative estimate of drug-likeness (QED) is 0.451. The fourth-order valence-corrected chi connectivity index (χ4v) is 3.40. The van der Waals surface area contributed by atoms with Gasteiger partial charge in [0.1, 0.15) is 23.7 Å². The van der Waals surface area contributed by atoms with Crippen molar-refractivity contribution in [3.05, 3.63) is 89.0 Å². The van der Waals surface area contributed by atoms with Gasteiger partial charge in [0.25, 0.3) is 11.8 Å². The molecule has 1 saturated heterocycles. The second-order valence-electron chi connectivity index (χ2n) is 6.84. The van der Waals surface area contributed by atoms with Gasteiger partial charge in [-0.1, -0.05) is 23.7 Å². The number of anilines is 1. The number of aromatic nitrogens is 1. The molecule has 1 aliphatic heterocycles. The number of urea groups is 1. The minimum absolute atomic E-state index is 0.149. The maximum Gasteiger partial charge on any atom is 0.335 e. The van der Waals surface area contributed by atoms with E-state index in [4.69, 9.17) is 16.3 Å². The molecule has 0 spiro atoms. The Kier molecular flexibility index (Phi) is 6.04. The summed E-state index contributed by atoms with van der Waals surface area (Å²) in [5, 5.41) is 2.64. The maximum absolute atomic E-state index is 13.2. The lowest BCUT2D eigenvalue weighted by Gasteiger charge is -2.26. The minimum atomic E-state index is -0.896. The molecular formula is C23H17ClFN3O4. The standard InChI is InChI=1S/C23H17ClFN3O4/c24-19-5-1-2-6-20(19)32-13-12-27-11-3-4-17(27)14-18-21(29)26-23(31)28(22(18)30)16-9-7-15(25)8-10-16/h1-11,14H,12-13H2,(H,26,29,31)/b18-14-. The molecule has 2 aromatic carbocycles. The number of ether oxygens (including phenoxy) is 1. The molecule has 0 aliphatic carbocycles. The molecule has 162 valence electrons. The molecule has 0 bridgehead atoms. The summed E-state index contributed by atoms with van der Waals surface area (Å²) in [7, 11) is 0. The number of barbiturate groups is 1. The Morgan fingerprint density at radius 3 is 2.50 bits per heavy atom. The molecule has 2 heterocycles. The van der Waals surface area contributed by atoms with Crippen molar-refractivity contribution in [3.8, 4) is 5.75 Å². The van der Waals surface area contributed by atoms with Gasteiger partial charge in [0.05, 0.1) is 17.3 Å². The maximum atomic E-state index is 13.2. The molecule has 1 N–H and O–H groups in total. The van der Waals surface area contributed by atoms with Crippen LogP contribution >= 0.6 is 11.6 Å². The van der Waals surface area contributed by atoms with Crippen LogP contribution in [0.1, 0.15) is 5.69 Å². The fraction of sp³-hybridized carbons (Fsp3) is 0.0870. The van der Waals surface area contributed by atoms with Gasteiger partial charge in [0.2, 0.25) is 0 Å². The zero-order valence-electron chi connectivity index (χ0n) is 16.6. The van der Waals surface area contributed by atoms with Crippen LogP contribution in [-0.4, -0.2) is 29.0 Å². The molecule has 7 nitrogen and oxygen atoms in total. The minimum Gasteiger partial charge on any atom is -0.490 e. The number of hydrogen-bond donors (Lipinski definition) is 1. The molecule has 0 atom stereocenters. The van der Waals surface area contributed by atoms with E-state index in [2.05, 4.69) is 5.32 Å². The molecule has 4 amide bonds. The highest BCUT2D eigenvalue weighted by atomic mass is 35.5. The third-order valence-electron chi connectivity index (χ3n) is 4.77. The van der Waals surface area contributed by atoms with Crippen LogP contribution in [0.15, 0.2) is 72.4 Å². The summed E-state index contributed by atoms with van der Waals surface area (Å²) in [6.45, 7) is 0.725. The van der Waals surface area contributed by atoms with E-state index < -0.39 is 23.7 Å². The van der Waals surface area contributed by atoms with Crippen molar-refractivity contribution < 1.29 is 23.5 Å². The van der Waals surface area contributed by atoms with Crippen molar-refractivity contribution in [1.29, 1.82) is 0 Å². The second kappa shape index (κ2) is 9.07. The van der Waals surface area contributed by atoms with Gasteiger partial charge in [0, 0.05) is 11.9 Å². The van der Waals surface area contributed by atoms with Gasteiger partial charge in [-0.3, -0.25) is 14.9 Å². The van der Waals surface area contributed by atoms with Gasteiger partial charge in [0.15, 0.2) is 0 Å². The van der Waals surface area contributed by atoms with E-state index in [1.165, 1.54) is 18.2 Å². The molecule has 0 radical (unpaired) electrons. The summed E-state index contributed by atoms with van der Waals surface area (Å²) in [5.41, 5.74) is 0.497. The van der Waals surface area contributed by atoms with Crippen molar-refractivity contribution in [3.63, 3.8) is 0 Å². The van der Waals surface area contributed by atoms with E-state index in [-0.39, 0.29) is 11.3 Å². The van der Waals surface area contributed by atoms with E-state index in [1.807, 2.05) is 6.07 Å². The molecule has 9 heteroatoms. The van der Waals surface area contributed by atoms with Crippen molar-refractivity contribution in [2.24, 2.45) is 0 Å². The Morgan fingerprint density at radius 2 is 1.75 bits per heavy atom. The number of carbonyl (C=O) groups excluding carboxylic acids is 3. The van der Waals surface area contributed by atoms with Gasteiger partial charge in [-0.25, -0.2) is 14.1 Å². The van der Waals surface area contributed by atoms with Crippen LogP contribution in [0.3, 0.4) is 0 Å². The van der Waals surface area contributed by atoms with Gasteiger partial charge >= 0.3 is 6.03 Å². The number of carbonyl (C=O) groups is 3. The average Bonchev–Trinajstić information content (AvgIpc) is 3.21. The van der Waals surface area contributed by atoms with Gasteiger partial charge in [-0.05, 0) is 54.6 Å². The summed E-state index contributed by atoms with van der Waals surface area (Å²) >= 11 is 6.09. The normalized spacial score (nSPS) is 15.2. The highest BCUT2D eigenvalue weighted by molar-refractivity contribution is 6.39. The zero-order valence-corrected chi connectivity index (χ0v) is 17.4. The van der Waals surface area contributed by atoms with Gasteiger partial charge in [-0.15, -0.1) is 0 Å². The van der Waals surface area contributed by atoms with Crippen LogP contribution in [-0.2, 0) is 16.1 Å².